The fraction of sp³-hybridized carbons (Fsp3) is 0.605. The number of ether oxygens (including phenoxy) is 2. The summed E-state index contributed by atoms with van der Waals surface area (Å²) in [5, 5.41) is 4.20. The van der Waals surface area contributed by atoms with Gasteiger partial charge in [0.15, 0.2) is 0 Å². The standard InChI is InChI=1S/C38H50N4O6/c1-5-47-36(46)38-20-28(38)15-10-8-6-7-9-14-26(19-32(43)48-37(2,3)4)35(45)42-22-27-21-41(24-30(27)33(42)34(44)40-38)23-29-18-17-25-13-11-12-16-31(25)39-29/h10-13,15-18,26-28,30,33H,5-9,14,19-24H2,1-4H3,(H,40,44)/b15-10-/t26-,27+,28-,30+,33+,38-/m1/s1. The first-order chi connectivity index (χ1) is 23.0. The number of para-hydroxylation sites is 1. The van der Waals surface area contributed by atoms with Crippen LogP contribution in [0.5, 0.6) is 0 Å². The zero-order valence-electron chi connectivity index (χ0n) is 28.8. The molecule has 10 heteroatoms. The Bertz CT molecular complexity index is 1570. The fourth-order valence-corrected chi connectivity index (χ4v) is 7.98. The van der Waals surface area contributed by atoms with Crippen molar-refractivity contribution in [3.8, 4) is 0 Å². The first-order valence-corrected chi connectivity index (χ1v) is 17.7. The van der Waals surface area contributed by atoms with Gasteiger partial charge in [-0.15, -0.1) is 0 Å². The number of nitrogens with zero attached hydrogens (tertiary/aromatic N) is 3. The second-order valence-electron chi connectivity index (χ2n) is 15.1. The molecule has 2 amide bonds. The van der Waals surface area contributed by atoms with Crippen molar-refractivity contribution in [2.75, 3.05) is 26.2 Å². The Balaban J connectivity index is 1.27. The van der Waals surface area contributed by atoms with Gasteiger partial charge in [0.1, 0.15) is 17.2 Å². The lowest BCUT2D eigenvalue weighted by Crippen LogP contribution is -2.56. The van der Waals surface area contributed by atoms with Crippen molar-refractivity contribution in [1.82, 2.24) is 20.1 Å². The molecule has 1 aromatic heterocycles. The van der Waals surface area contributed by atoms with Gasteiger partial charge in [-0.3, -0.25) is 24.3 Å². The average Bonchev–Trinajstić information content (AvgIpc) is 3.40. The molecule has 1 saturated carbocycles. The predicted molar refractivity (Wildman–Crippen MR) is 181 cm³/mol. The van der Waals surface area contributed by atoms with E-state index >= 15 is 0 Å². The van der Waals surface area contributed by atoms with Crippen LogP contribution in [0.3, 0.4) is 0 Å². The van der Waals surface area contributed by atoms with E-state index in [9.17, 15) is 19.2 Å². The van der Waals surface area contributed by atoms with Crippen LogP contribution in [0, 0.1) is 23.7 Å². The third-order valence-electron chi connectivity index (χ3n) is 10.3. The Kier molecular flexibility index (Phi) is 9.93. The van der Waals surface area contributed by atoms with E-state index in [1.54, 1.807) is 11.8 Å². The normalized spacial score (nSPS) is 30.3. The summed E-state index contributed by atoms with van der Waals surface area (Å²) in [7, 11) is 0. The van der Waals surface area contributed by atoms with Gasteiger partial charge in [0.25, 0.3) is 0 Å². The van der Waals surface area contributed by atoms with E-state index in [2.05, 4.69) is 22.4 Å². The molecule has 0 radical (unpaired) electrons. The van der Waals surface area contributed by atoms with E-state index in [4.69, 9.17) is 14.5 Å². The van der Waals surface area contributed by atoms with Gasteiger partial charge in [-0.05, 0) is 71.4 Å². The minimum atomic E-state index is -1.13. The second kappa shape index (κ2) is 14.0. The van der Waals surface area contributed by atoms with Gasteiger partial charge in [0, 0.05) is 49.3 Å². The zero-order chi connectivity index (χ0) is 34.1. The molecule has 6 rings (SSSR count). The lowest BCUT2D eigenvalue weighted by molar-refractivity contribution is -0.159. The summed E-state index contributed by atoms with van der Waals surface area (Å²) in [4.78, 5) is 64.1. The van der Waals surface area contributed by atoms with Crippen LogP contribution in [-0.4, -0.2) is 82.0 Å². The lowest BCUT2D eigenvalue weighted by Gasteiger charge is -2.32. The molecule has 0 unspecified atom stereocenters. The minimum absolute atomic E-state index is 0.0230. The highest BCUT2D eigenvalue weighted by molar-refractivity contribution is 5.96. The van der Waals surface area contributed by atoms with Crippen LogP contribution >= 0.6 is 0 Å². The predicted octanol–water partition coefficient (Wildman–Crippen LogP) is 4.80. The van der Waals surface area contributed by atoms with Crippen molar-refractivity contribution in [3.05, 3.63) is 54.2 Å². The van der Waals surface area contributed by atoms with Crippen LogP contribution < -0.4 is 5.32 Å². The summed E-state index contributed by atoms with van der Waals surface area (Å²) in [6, 6.07) is 11.4. The molecule has 4 aliphatic rings. The summed E-state index contributed by atoms with van der Waals surface area (Å²) >= 11 is 0. The number of carbonyl (C=O) groups excluding carboxylic acids is 4. The number of nitrogens with one attached hydrogen (secondary N) is 1. The number of fused-ring (bicyclic) bond motifs is 5. The summed E-state index contributed by atoms with van der Waals surface area (Å²) in [6.07, 6.45) is 8.63. The molecule has 1 aromatic carbocycles. The summed E-state index contributed by atoms with van der Waals surface area (Å²) in [5.41, 5.74) is 0.116. The van der Waals surface area contributed by atoms with Gasteiger partial charge in [0.05, 0.1) is 24.2 Å². The SMILES string of the molecule is CCOC(=O)[C@@]12C[C@H]1/C=C\CCCCC[C@H](CC(=O)OC(C)(C)C)C(=O)N1C[C@@H]3CN(Cc4ccc5ccccc5n4)C[C@@H]3[C@H]1C(=O)N2. The van der Waals surface area contributed by atoms with Crippen molar-refractivity contribution >= 4 is 34.7 Å². The second-order valence-corrected chi connectivity index (χ2v) is 15.1. The van der Waals surface area contributed by atoms with Crippen molar-refractivity contribution in [1.29, 1.82) is 0 Å². The average molecular weight is 659 g/mol. The van der Waals surface area contributed by atoms with E-state index in [0.29, 0.717) is 32.5 Å². The molecule has 2 aromatic rings. The maximum atomic E-state index is 14.5. The molecule has 0 spiro atoms. The van der Waals surface area contributed by atoms with Crippen molar-refractivity contribution in [3.63, 3.8) is 0 Å². The van der Waals surface area contributed by atoms with Crippen molar-refractivity contribution < 1.29 is 28.7 Å². The molecule has 3 fully saturated rings. The van der Waals surface area contributed by atoms with Crippen LogP contribution in [0.15, 0.2) is 48.6 Å². The Morgan fingerprint density at radius 1 is 1.04 bits per heavy atom. The van der Waals surface area contributed by atoms with Gasteiger partial charge in [-0.2, -0.15) is 0 Å². The smallest absolute Gasteiger partial charge is 0.332 e. The molecule has 10 nitrogen and oxygen atoms in total. The summed E-state index contributed by atoms with van der Waals surface area (Å²) in [5.74, 6) is -2.12. The van der Waals surface area contributed by atoms with E-state index in [0.717, 1.165) is 48.8 Å². The number of rotatable bonds is 6. The molecule has 6 atom stereocenters. The molecule has 1 N–H and O–H groups in total. The topological polar surface area (TPSA) is 118 Å². The van der Waals surface area contributed by atoms with E-state index in [-0.39, 0.29) is 42.6 Å². The number of benzene rings is 1. The number of likely N-dealkylation sites (tertiary alicyclic amines) is 1. The van der Waals surface area contributed by atoms with Crippen LogP contribution in [0.4, 0.5) is 0 Å². The zero-order valence-corrected chi connectivity index (χ0v) is 28.8. The molecule has 2 saturated heterocycles. The molecule has 258 valence electrons. The van der Waals surface area contributed by atoms with Gasteiger partial charge < -0.3 is 19.7 Å². The third kappa shape index (κ3) is 7.43. The largest absolute Gasteiger partial charge is 0.464 e. The van der Waals surface area contributed by atoms with Gasteiger partial charge in [0.2, 0.25) is 11.8 Å². The monoisotopic (exact) mass is 658 g/mol. The number of allylic oxidation sites excluding steroid dienone is 1. The lowest BCUT2D eigenvalue weighted by atomic mass is 9.92. The first-order valence-electron chi connectivity index (χ1n) is 17.7. The first kappa shape index (κ1) is 34.1. The van der Waals surface area contributed by atoms with E-state index in [1.165, 1.54) is 0 Å². The number of esters is 2. The highest BCUT2D eigenvalue weighted by Crippen LogP contribution is 2.47. The van der Waals surface area contributed by atoms with Crippen molar-refractivity contribution in [2.45, 2.75) is 96.4 Å². The van der Waals surface area contributed by atoms with Gasteiger partial charge in [-0.25, -0.2) is 4.79 Å². The third-order valence-corrected chi connectivity index (χ3v) is 10.3. The molecule has 4 heterocycles. The maximum absolute atomic E-state index is 14.5. The van der Waals surface area contributed by atoms with Crippen LogP contribution in [-0.2, 0) is 35.2 Å². The number of pyridine rings is 1. The number of hydrogen-bond donors (Lipinski definition) is 1. The molecular formula is C38H50N4O6. The molecular weight excluding hydrogens is 608 g/mol. The highest BCUT2D eigenvalue weighted by atomic mass is 16.6. The minimum Gasteiger partial charge on any atom is -0.464 e. The van der Waals surface area contributed by atoms with Crippen LogP contribution in [0.25, 0.3) is 10.9 Å². The number of hydrogen-bond acceptors (Lipinski definition) is 8. The molecule has 0 bridgehead atoms. The quantitative estimate of drug-likeness (QED) is 0.348. The number of amides is 2. The Hall–Kier alpha value is -3.79. The molecule has 3 aliphatic heterocycles. The van der Waals surface area contributed by atoms with Gasteiger partial charge in [-0.1, -0.05) is 49.3 Å². The summed E-state index contributed by atoms with van der Waals surface area (Å²) < 4.78 is 11.1. The Labute approximate surface area is 283 Å². The molecule has 48 heavy (non-hydrogen) atoms. The van der Waals surface area contributed by atoms with E-state index < -0.39 is 35.0 Å². The van der Waals surface area contributed by atoms with Crippen LogP contribution in [0.1, 0.15) is 78.3 Å². The number of carbonyl (C=O) groups is 4. The number of aromatic nitrogens is 1. The fourth-order valence-electron chi connectivity index (χ4n) is 7.98. The van der Waals surface area contributed by atoms with Crippen LogP contribution in [0.2, 0.25) is 0 Å². The van der Waals surface area contributed by atoms with E-state index in [1.807, 2.05) is 57.2 Å². The summed E-state index contributed by atoms with van der Waals surface area (Å²) in [6.45, 7) is 9.85. The van der Waals surface area contributed by atoms with Gasteiger partial charge >= 0.3 is 11.9 Å². The maximum Gasteiger partial charge on any atom is 0.332 e. The highest BCUT2D eigenvalue weighted by Gasteiger charge is 2.63. The Morgan fingerprint density at radius 3 is 2.65 bits per heavy atom. The molecule has 1 aliphatic carbocycles. The van der Waals surface area contributed by atoms with Crippen molar-refractivity contribution in [2.24, 2.45) is 23.7 Å². The Morgan fingerprint density at radius 2 is 1.85 bits per heavy atom.